The van der Waals surface area contributed by atoms with Crippen molar-refractivity contribution in [2.75, 3.05) is 5.73 Å². The topological polar surface area (TPSA) is 64.7 Å². The summed E-state index contributed by atoms with van der Waals surface area (Å²) in [6.07, 6.45) is 1.38. The van der Waals surface area contributed by atoms with E-state index >= 15 is 0 Å². The summed E-state index contributed by atoms with van der Waals surface area (Å²) in [6.45, 7) is 0. The number of rotatable bonds is 2. The van der Waals surface area contributed by atoms with E-state index in [4.69, 9.17) is 17.3 Å². The molecule has 0 unspecified atom stereocenters. The molecule has 0 aliphatic carbocycles. The van der Waals surface area contributed by atoms with Gasteiger partial charge in [0.25, 0.3) is 0 Å². The summed E-state index contributed by atoms with van der Waals surface area (Å²) >= 11 is 6.15. The molecule has 0 aliphatic heterocycles. The maximum atomic E-state index is 14.3. The Morgan fingerprint density at radius 2 is 1.63 bits per heavy atom. The highest BCUT2D eigenvalue weighted by molar-refractivity contribution is 6.33. The van der Waals surface area contributed by atoms with Gasteiger partial charge < -0.3 is 5.73 Å². The van der Waals surface area contributed by atoms with Gasteiger partial charge in [0.1, 0.15) is 28.7 Å². The zero-order chi connectivity index (χ0) is 19.1. The van der Waals surface area contributed by atoms with Gasteiger partial charge in [-0.1, -0.05) is 17.7 Å². The second-order valence-corrected chi connectivity index (χ2v) is 6.11. The highest BCUT2D eigenvalue weighted by Gasteiger charge is 2.20. The van der Waals surface area contributed by atoms with E-state index in [1.165, 1.54) is 24.4 Å². The molecule has 2 aromatic carbocycles. The highest BCUT2D eigenvalue weighted by atomic mass is 35.5. The first kappa shape index (κ1) is 17.2. The summed E-state index contributed by atoms with van der Waals surface area (Å²) in [5, 5.41) is 0.537. The number of nitrogens with zero attached hydrogens (tertiary/aromatic N) is 3. The van der Waals surface area contributed by atoms with Crippen molar-refractivity contribution in [3.8, 4) is 22.5 Å². The smallest absolute Gasteiger partial charge is 0.221 e. The van der Waals surface area contributed by atoms with E-state index in [1.807, 2.05) is 0 Å². The van der Waals surface area contributed by atoms with Gasteiger partial charge in [-0.25, -0.2) is 23.1 Å². The van der Waals surface area contributed by atoms with Crippen LogP contribution in [-0.2, 0) is 0 Å². The second kappa shape index (κ2) is 6.51. The Morgan fingerprint density at radius 1 is 0.889 bits per heavy atom. The standard InChI is InChI=1S/C19H10ClF3N4/c20-12-8-9(21)4-5-10(12)16-11-6-7-25-18(17(11)27-19(24)26-16)15-13(22)2-1-3-14(15)23/h1-8H,(H2,24,26,27). The predicted molar refractivity (Wildman–Crippen MR) is 97.5 cm³/mol. The monoisotopic (exact) mass is 386 g/mol. The van der Waals surface area contributed by atoms with Crippen molar-refractivity contribution in [1.82, 2.24) is 15.0 Å². The molecule has 0 aliphatic rings. The van der Waals surface area contributed by atoms with Crippen LogP contribution < -0.4 is 5.73 Å². The van der Waals surface area contributed by atoms with Crippen LogP contribution in [0.1, 0.15) is 0 Å². The van der Waals surface area contributed by atoms with Gasteiger partial charge in [0, 0.05) is 17.1 Å². The molecule has 0 amide bonds. The Kier molecular flexibility index (Phi) is 4.16. The molecule has 0 saturated carbocycles. The van der Waals surface area contributed by atoms with E-state index < -0.39 is 17.5 Å². The number of nitrogen functional groups attached to an aromatic ring is 1. The van der Waals surface area contributed by atoms with Crippen molar-refractivity contribution in [3.05, 3.63) is 71.1 Å². The number of hydrogen-bond acceptors (Lipinski definition) is 4. The Bertz CT molecular complexity index is 1180. The van der Waals surface area contributed by atoms with Gasteiger partial charge in [-0.05, 0) is 36.4 Å². The molecule has 2 N–H and O–H groups in total. The molecule has 0 radical (unpaired) electrons. The van der Waals surface area contributed by atoms with Gasteiger partial charge >= 0.3 is 0 Å². The first-order valence-corrected chi connectivity index (χ1v) is 8.15. The summed E-state index contributed by atoms with van der Waals surface area (Å²) in [7, 11) is 0. The Balaban J connectivity index is 2.08. The summed E-state index contributed by atoms with van der Waals surface area (Å²) in [6, 6.07) is 8.90. The summed E-state index contributed by atoms with van der Waals surface area (Å²) < 4.78 is 42.0. The lowest BCUT2D eigenvalue weighted by atomic mass is 10.0. The number of aromatic nitrogens is 3. The third kappa shape index (κ3) is 2.96. The molecule has 4 rings (SSSR count). The molecular weight excluding hydrogens is 377 g/mol. The maximum Gasteiger partial charge on any atom is 0.221 e. The van der Waals surface area contributed by atoms with E-state index in [0.717, 1.165) is 18.2 Å². The lowest BCUT2D eigenvalue weighted by Crippen LogP contribution is -2.02. The Morgan fingerprint density at radius 3 is 2.33 bits per heavy atom. The summed E-state index contributed by atoms with van der Waals surface area (Å²) in [5.74, 6) is -2.21. The quantitative estimate of drug-likeness (QED) is 0.526. The lowest BCUT2D eigenvalue weighted by molar-refractivity contribution is 0.589. The molecule has 4 aromatic rings. The molecule has 4 nitrogen and oxygen atoms in total. The molecule has 0 spiro atoms. The van der Waals surface area contributed by atoms with Crippen molar-refractivity contribution in [2.45, 2.75) is 0 Å². The summed E-state index contributed by atoms with van der Waals surface area (Å²) in [5.41, 5.74) is 6.34. The van der Waals surface area contributed by atoms with Gasteiger partial charge in [0.05, 0.1) is 16.3 Å². The average molecular weight is 387 g/mol. The van der Waals surface area contributed by atoms with Crippen LogP contribution in [0, 0.1) is 17.5 Å². The summed E-state index contributed by atoms with van der Waals surface area (Å²) in [4.78, 5) is 12.4. The normalized spacial score (nSPS) is 11.1. The van der Waals surface area contributed by atoms with Gasteiger partial charge in [-0.15, -0.1) is 0 Å². The number of halogens is 4. The molecule has 134 valence electrons. The zero-order valence-corrected chi connectivity index (χ0v) is 14.3. The van der Waals surface area contributed by atoms with Crippen molar-refractivity contribution >= 4 is 28.5 Å². The van der Waals surface area contributed by atoms with Gasteiger partial charge in [-0.3, -0.25) is 4.98 Å². The van der Waals surface area contributed by atoms with E-state index in [9.17, 15) is 13.2 Å². The SMILES string of the molecule is Nc1nc(-c2ccc(F)cc2Cl)c2ccnc(-c3c(F)cccc3F)c2n1. The van der Waals surface area contributed by atoms with E-state index in [0.29, 0.717) is 16.6 Å². The first-order valence-electron chi connectivity index (χ1n) is 7.77. The molecule has 2 heterocycles. The second-order valence-electron chi connectivity index (χ2n) is 5.71. The number of pyridine rings is 1. The Hall–Kier alpha value is -3.19. The van der Waals surface area contributed by atoms with Gasteiger partial charge in [0.2, 0.25) is 5.95 Å². The fourth-order valence-electron chi connectivity index (χ4n) is 2.87. The van der Waals surface area contributed by atoms with Crippen LogP contribution in [0.5, 0.6) is 0 Å². The highest BCUT2D eigenvalue weighted by Crippen LogP contribution is 2.36. The van der Waals surface area contributed by atoms with Crippen molar-refractivity contribution in [2.24, 2.45) is 0 Å². The molecule has 0 saturated heterocycles. The lowest BCUT2D eigenvalue weighted by Gasteiger charge is -2.12. The molecule has 0 fully saturated rings. The minimum atomic E-state index is -0.784. The fraction of sp³-hybridized carbons (Fsp3) is 0. The largest absolute Gasteiger partial charge is 0.368 e. The van der Waals surface area contributed by atoms with E-state index in [-0.39, 0.29) is 27.7 Å². The van der Waals surface area contributed by atoms with Crippen LogP contribution in [0.3, 0.4) is 0 Å². The molecule has 0 atom stereocenters. The molecule has 0 bridgehead atoms. The molecular formula is C19H10ClF3N4. The third-order valence-electron chi connectivity index (χ3n) is 4.02. The van der Waals surface area contributed by atoms with Crippen molar-refractivity contribution < 1.29 is 13.2 Å². The number of anilines is 1. The van der Waals surface area contributed by atoms with Crippen LogP contribution in [0.25, 0.3) is 33.4 Å². The first-order chi connectivity index (χ1) is 13.0. The van der Waals surface area contributed by atoms with Crippen LogP contribution >= 0.6 is 11.6 Å². The third-order valence-corrected chi connectivity index (χ3v) is 4.33. The van der Waals surface area contributed by atoms with Crippen LogP contribution in [0.4, 0.5) is 19.1 Å². The fourth-order valence-corrected chi connectivity index (χ4v) is 3.12. The van der Waals surface area contributed by atoms with E-state index in [2.05, 4.69) is 15.0 Å². The van der Waals surface area contributed by atoms with Crippen molar-refractivity contribution in [3.63, 3.8) is 0 Å². The predicted octanol–water partition coefficient (Wildman–Crippen LogP) is 5.01. The number of benzene rings is 2. The number of hydrogen-bond donors (Lipinski definition) is 1. The van der Waals surface area contributed by atoms with E-state index in [1.54, 1.807) is 6.07 Å². The van der Waals surface area contributed by atoms with Crippen LogP contribution in [0.15, 0.2) is 48.7 Å². The molecule has 27 heavy (non-hydrogen) atoms. The van der Waals surface area contributed by atoms with Crippen LogP contribution in [0.2, 0.25) is 5.02 Å². The molecule has 8 heteroatoms. The maximum absolute atomic E-state index is 14.3. The Labute approximate surface area is 156 Å². The van der Waals surface area contributed by atoms with Crippen molar-refractivity contribution in [1.29, 1.82) is 0 Å². The zero-order valence-electron chi connectivity index (χ0n) is 13.5. The average Bonchev–Trinajstić information content (AvgIpc) is 2.61. The number of nitrogens with two attached hydrogens (primary N) is 1. The van der Waals surface area contributed by atoms with Crippen LogP contribution in [-0.4, -0.2) is 15.0 Å². The van der Waals surface area contributed by atoms with Gasteiger partial charge in [-0.2, -0.15) is 0 Å². The molecule has 2 aromatic heterocycles. The van der Waals surface area contributed by atoms with Gasteiger partial charge in [0.15, 0.2) is 0 Å². The minimum absolute atomic E-state index is 0.0170. The number of fused-ring (bicyclic) bond motifs is 1. The minimum Gasteiger partial charge on any atom is -0.368 e.